The van der Waals surface area contributed by atoms with Crippen molar-refractivity contribution in [2.24, 2.45) is 0 Å². The van der Waals surface area contributed by atoms with Crippen molar-refractivity contribution in [2.45, 2.75) is 43.9 Å². The number of unbranched alkanes of at least 4 members (excludes halogenated alkanes) is 1. The van der Waals surface area contributed by atoms with Crippen LogP contribution >= 0.6 is 38.7 Å². The molecule has 39 heavy (non-hydrogen) atoms. The molecule has 0 radical (unpaired) electrons. The van der Waals surface area contributed by atoms with E-state index in [-0.39, 0.29) is 5.41 Å². The van der Waals surface area contributed by atoms with E-state index >= 15 is 0 Å². The van der Waals surface area contributed by atoms with Gasteiger partial charge < -0.3 is 5.32 Å². The fraction of sp³-hybridized carbons (Fsp3) is 0.250. The Bertz CT molecular complexity index is 1430. The van der Waals surface area contributed by atoms with E-state index in [1.807, 2.05) is 18.2 Å². The molecule has 0 bridgehead atoms. The van der Waals surface area contributed by atoms with Crippen molar-refractivity contribution in [1.29, 1.82) is 0 Å². The third kappa shape index (κ3) is 8.36. The third-order valence-corrected chi connectivity index (χ3v) is 10.00. The van der Waals surface area contributed by atoms with Gasteiger partial charge in [-0.1, -0.05) is 36.4 Å². The van der Waals surface area contributed by atoms with Crippen molar-refractivity contribution in [3.05, 3.63) is 103 Å². The number of nitrogens with zero attached hydrogens (tertiary/aromatic N) is 1. The van der Waals surface area contributed by atoms with Crippen LogP contribution in [0.1, 0.15) is 39.2 Å². The van der Waals surface area contributed by atoms with Crippen LogP contribution in [0, 0.1) is 0 Å². The van der Waals surface area contributed by atoms with E-state index in [0.29, 0.717) is 5.75 Å². The molecule has 0 aromatic heterocycles. The molecular weight excluding hydrogens is 629 g/mol. The second kappa shape index (κ2) is 13.9. The Kier molecular flexibility index (Phi) is 10.6. The normalized spacial score (nSPS) is 11.8. The van der Waals surface area contributed by atoms with E-state index < -0.39 is 4.88 Å². The Morgan fingerprint density at radius 1 is 0.846 bits per heavy atom. The third-order valence-electron chi connectivity index (χ3n) is 6.46. The maximum atomic E-state index is 11.0. The summed E-state index contributed by atoms with van der Waals surface area (Å²) in [5, 5.41) is 15.6. The van der Waals surface area contributed by atoms with Crippen molar-refractivity contribution in [3.63, 3.8) is 0 Å². The van der Waals surface area contributed by atoms with Crippen LogP contribution < -0.4 is 15.5 Å². The number of hydrogen-bond acceptors (Lipinski definition) is 4. The van der Waals surface area contributed by atoms with Gasteiger partial charge in [-0.3, -0.25) is 0 Å². The molecular formula is C32H35BIN2OPS. The van der Waals surface area contributed by atoms with Crippen molar-refractivity contribution in [3.8, 4) is 5.75 Å². The van der Waals surface area contributed by atoms with Crippen LogP contribution in [0.3, 0.4) is 0 Å². The molecule has 0 saturated carbocycles. The van der Waals surface area contributed by atoms with Gasteiger partial charge >= 0.3 is 176 Å². The van der Waals surface area contributed by atoms with E-state index in [2.05, 4.69) is 132 Å². The first-order valence-electron chi connectivity index (χ1n) is 13.2. The number of para-hydroxylation sites is 2. The molecule has 3 nitrogen and oxygen atoms in total. The number of benzene rings is 4. The molecule has 0 heterocycles. The van der Waals surface area contributed by atoms with Crippen molar-refractivity contribution >= 4 is 73.7 Å². The molecule has 1 atom stereocenters. The zero-order valence-electron chi connectivity index (χ0n) is 22.8. The average molecular weight is 664 g/mol. The summed E-state index contributed by atoms with van der Waals surface area (Å²) in [5.74, 6) is 1.34. The fourth-order valence-electron chi connectivity index (χ4n) is 4.38. The molecule has 7 heteroatoms. The van der Waals surface area contributed by atoms with Crippen molar-refractivity contribution in [1.82, 2.24) is 0 Å². The van der Waals surface area contributed by atoms with Gasteiger partial charge in [-0.05, 0) is 24.3 Å². The summed E-state index contributed by atoms with van der Waals surface area (Å²) in [6.07, 6.45) is 2.08. The van der Waals surface area contributed by atoms with Crippen LogP contribution in [0.2, 0.25) is 0 Å². The number of thioether (sulfide) groups is 1. The summed E-state index contributed by atoms with van der Waals surface area (Å²) in [4.78, 5) is 2.57. The summed E-state index contributed by atoms with van der Waals surface area (Å²) in [6, 6.07) is 33.6. The molecule has 0 fully saturated rings. The first kappa shape index (κ1) is 29.7. The fourth-order valence-corrected chi connectivity index (χ4v) is 6.83. The predicted octanol–water partition coefficient (Wildman–Crippen LogP) is 9.68. The minimum atomic E-state index is -0.752. The monoisotopic (exact) mass is 664 g/mol. The maximum absolute atomic E-state index is 11.0. The van der Waals surface area contributed by atoms with Gasteiger partial charge in [-0.25, -0.2) is 0 Å². The second-order valence-corrected chi connectivity index (χ2v) is 15.9. The van der Waals surface area contributed by atoms with Gasteiger partial charge in [-0.2, -0.15) is 0 Å². The topological polar surface area (TPSA) is 35.5 Å². The van der Waals surface area contributed by atoms with Crippen LogP contribution in [0.25, 0.3) is 0 Å². The first-order chi connectivity index (χ1) is 18.7. The zero-order chi connectivity index (χ0) is 27.8. The van der Waals surface area contributed by atoms with Gasteiger partial charge in [0, 0.05) is 11.4 Å². The average Bonchev–Trinajstić information content (AvgIpc) is 2.92. The molecule has 0 amide bonds. The molecule has 0 aliphatic carbocycles. The quantitative estimate of drug-likeness (QED) is 0.0582. The Morgan fingerprint density at radius 2 is 1.44 bits per heavy atom. The predicted molar refractivity (Wildman–Crippen MR) is 183 cm³/mol. The number of halogens is 1. The minimum absolute atomic E-state index is 0.139. The molecule has 0 aliphatic rings. The summed E-state index contributed by atoms with van der Waals surface area (Å²) in [7, 11) is 6.26. The van der Waals surface area contributed by atoms with Crippen LogP contribution in [0.5, 0.6) is 5.75 Å². The molecule has 2 N–H and O–H groups in total. The number of aromatic hydroxyl groups is 1. The molecule has 1 unspecified atom stereocenters. The van der Waals surface area contributed by atoms with Crippen LogP contribution in [0.4, 0.5) is 22.7 Å². The van der Waals surface area contributed by atoms with E-state index in [0.717, 1.165) is 52.3 Å². The number of nitrogens with one attached hydrogen (secondary N) is 1. The van der Waals surface area contributed by atoms with Gasteiger partial charge in [0.25, 0.3) is 0 Å². The van der Waals surface area contributed by atoms with E-state index in [1.54, 1.807) is 11.8 Å². The number of phenolic OH excluding ortho intramolecular Hbond substituents is 1. The van der Waals surface area contributed by atoms with E-state index in [4.69, 9.17) is 7.01 Å². The first-order valence-corrected chi connectivity index (χ1v) is 18.4. The van der Waals surface area contributed by atoms with Gasteiger partial charge in [-0.15, -0.1) is 0 Å². The van der Waals surface area contributed by atoms with E-state index in [1.165, 1.54) is 11.4 Å². The van der Waals surface area contributed by atoms with Crippen LogP contribution in [0.15, 0.2) is 102 Å². The molecule has 4 aromatic rings. The molecule has 200 valence electrons. The summed E-state index contributed by atoms with van der Waals surface area (Å²) in [5.41, 5.74) is 5.34. The van der Waals surface area contributed by atoms with Crippen molar-refractivity contribution in [2.75, 3.05) is 22.5 Å². The Hall–Kier alpha value is -2.28. The SMILES string of the molecule is B#P(I)c1cc(SCCCCN(c2ccccc2)c2ccc(Nc3ccccc3)cc2)c(O)c(C(C)(C)C)c1. The van der Waals surface area contributed by atoms with Crippen molar-refractivity contribution < 1.29 is 5.11 Å². The zero-order valence-corrected chi connectivity index (χ0v) is 26.6. The standard InChI is InChI=1S/C32H35BIN2OPS/c1-32(2,3)29-22-28(38(33)34)23-30(31(29)37)39-21-11-10-20-36(26-14-8-5-9-15-26)27-18-16-25(17-19-27)35-24-12-6-4-7-13-24/h4-9,12-19,22-23,35,37H,10-11,20-21H2,1-3H3. The summed E-state index contributed by atoms with van der Waals surface area (Å²) < 4.78 is 0. The van der Waals surface area contributed by atoms with Gasteiger partial charge in [0.2, 0.25) is 0 Å². The Labute approximate surface area is 252 Å². The molecule has 4 aromatic carbocycles. The molecule has 0 aliphatic heterocycles. The van der Waals surface area contributed by atoms with E-state index in [9.17, 15) is 5.11 Å². The molecule has 0 saturated heterocycles. The number of rotatable bonds is 10. The van der Waals surface area contributed by atoms with Gasteiger partial charge in [0.1, 0.15) is 0 Å². The summed E-state index contributed by atoms with van der Waals surface area (Å²) in [6.45, 7) is 7.31. The Morgan fingerprint density at radius 3 is 2.05 bits per heavy atom. The summed E-state index contributed by atoms with van der Waals surface area (Å²) >= 11 is 4.03. The van der Waals surface area contributed by atoms with Gasteiger partial charge in [0.15, 0.2) is 0 Å². The number of phenols is 1. The number of anilines is 4. The Balaban J connectivity index is 1.41. The van der Waals surface area contributed by atoms with Crippen LogP contribution in [-0.4, -0.2) is 24.4 Å². The molecule has 4 rings (SSSR count). The number of hydrogen-bond donors (Lipinski definition) is 2. The van der Waals surface area contributed by atoms with Gasteiger partial charge in [0.05, 0.1) is 0 Å². The second-order valence-electron chi connectivity index (χ2n) is 10.5. The molecule has 0 spiro atoms. The van der Waals surface area contributed by atoms with Crippen LogP contribution in [-0.2, 0) is 5.41 Å².